The summed E-state index contributed by atoms with van der Waals surface area (Å²) in [5.41, 5.74) is 1.78. The van der Waals surface area contributed by atoms with Crippen molar-refractivity contribution in [3.8, 4) is 5.88 Å². The molecule has 1 saturated carbocycles. The first-order valence-electron chi connectivity index (χ1n) is 9.60. The van der Waals surface area contributed by atoms with E-state index in [1.807, 2.05) is 30.3 Å². The Morgan fingerprint density at radius 2 is 1.97 bits per heavy atom. The molecule has 3 aromatic rings. The number of pyridine rings is 3. The Balaban J connectivity index is 1.36. The fraction of sp³-hybridized carbons (Fsp3) is 0.333. The summed E-state index contributed by atoms with van der Waals surface area (Å²) in [4.78, 5) is 35.4. The lowest BCUT2D eigenvalue weighted by Gasteiger charge is -2.41. The van der Waals surface area contributed by atoms with Crippen LogP contribution in [-0.4, -0.2) is 34.6 Å². The number of rotatable bonds is 6. The van der Waals surface area contributed by atoms with E-state index in [0.717, 1.165) is 30.3 Å². The monoisotopic (exact) mass is 393 g/mol. The Bertz CT molecular complexity index is 1090. The number of nitrogens with one attached hydrogen (secondary N) is 3. The van der Waals surface area contributed by atoms with E-state index in [9.17, 15) is 9.59 Å². The number of urea groups is 1. The largest absolute Gasteiger partial charge is 0.481 e. The Morgan fingerprint density at radius 1 is 1.14 bits per heavy atom. The number of fused-ring (bicyclic) bond motifs is 1. The van der Waals surface area contributed by atoms with Crippen LogP contribution in [0.15, 0.2) is 47.3 Å². The molecule has 0 atom stereocenters. The number of aromatic nitrogens is 3. The van der Waals surface area contributed by atoms with Gasteiger partial charge in [0.05, 0.1) is 25.0 Å². The van der Waals surface area contributed by atoms with Gasteiger partial charge in [-0.1, -0.05) is 12.5 Å². The third-order valence-corrected chi connectivity index (χ3v) is 5.44. The van der Waals surface area contributed by atoms with Crippen molar-refractivity contribution in [2.45, 2.75) is 31.2 Å². The van der Waals surface area contributed by atoms with Crippen molar-refractivity contribution >= 4 is 17.1 Å². The van der Waals surface area contributed by atoms with Gasteiger partial charge < -0.3 is 20.4 Å². The molecule has 3 N–H and O–H groups in total. The highest BCUT2D eigenvalue weighted by Gasteiger charge is 2.40. The predicted octanol–water partition coefficient (Wildman–Crippen LogP) is 2.25. The van der Waals surface area contributed by atoms with Crippen molar-refractivity contribution in [2.24, 2.45) is 0 Å². The lowest BCUT2D eigenvalue weighted by atomic mass is 9.66. The van der Waals surface area contributed by atoms with Gasteiger partial charge >= 0.3 is 6.03 Å². The highest BCUT2D eigenvalue weighted by atomic mass is 16.5. The van der Waals surface area contributed by atoms with Crippen LogP contribution in [0.5, 0.6) is 5.88 Å². The van der Waals surface area contributed by atoms with Gasteiger partial charge in [-0.25, -0.2) is 14.8 Å². The highest BCUT2D eigenvalue weighted by molar-refractivity contribution is 5.75. The normalized spacial score (nSPS) is 14.8. The molecule has 150 valence electrons. The van der Waals surface area contributed by atoms with Crippen LogP contribution >= 0.6 is 0 Å². The highest BCUT2D eigenvalue weighted by Crippen LogP contribution is 2.42. The van der Waals surface area contributed by atoms with Crippen LogP contribution in [0, 0.1) is 0 Å². The second-order valence-corrected chi connectivity index (χ2v) is 7.30. The molecule has 4 rings (SSSR count). The quantitative estimate of drug-likeness (QED) is 0.595. The van der Waals surface area contributed by atoms with Crippen molar-refractivity contribution in [2.75, 3.05) is 13.7 Å². The standard InChI is InChI=1S/C21H23N5O3/c1-29-18-5-2-4-16(25-18)21(10-3-11-21)13-23-20(28)22-12-15-8-6-14-7-9-17(27)26-19(14)24-15/h2,4-9H,3,10-13H2,1H3,(H2,22,23,28)(H,24,26,27). The predicted molar refractivity (Wildman–Crippen MR) is 109 cm³/mol. The molecular formula is C21H23N5O3. The van der Waals surface area contributed by atoms with E-state index in [0.29, 0.717) is 23.8 Å². The van der Waals surface area contributed by atoms with Gasteiger partial charge in [0.1, 0.15) is 5.65 Å². The van der Waals surface area contributed by atoms with Gasteiger partial charge in [-0.15, -0.1) is 0 Å². The Morgan fingerprint density at radius 3 is 2.72 bits per heavy atom. The number of ether oxygens (including phenoxy) is 1. The summed E-state index contributed by atoms with van der Waals surface area (Å²) in [6, 6.07) is 12.3. The number of hydrogen-bond donors (Lipinski definition) is 3. The maximum absolute atomic E-state index is 12.3. The SMILES string of the molecule is COc1cccc(C2(CNC(=O)NCc3ccc4ccc(=O)[nH]c4n3)CCC2)n1. The molecule has 1 aliphatic carbocycles. The number of carbonyl (C=O) groups is 1. The molecule has 0 spiro atoms. The van der Waals surface area contributed by atoms with E-state index >= 15 is 0 Å². The molecule has 0 saturated heterocycles. The van der Waals surface area contributed by atoms with Gasteiger partial charge in [0, 0.05) is 29.5 Å². The van der Waals surface area contributed by atoms with Gasteiger partial charge in [0.15, 0.2) is 0 Å². The average Bonchev–Trinajstić information content (AvgIpc) is 2.71. The van der Waals surface area contributed by atoms with Gasteiger partial charge in [-0.05, 0) is 37.1 Å². The van der Waals surface area contributed by atoms with Gasteiger partial charge in [-0.2, -0.15) is 0 Å². The van der Waals surface area contributed by atoms with Gasteiger partial charge in [0.2, 0.25) is 11.4 Å². The first-order valence-corrected chi connectivity index (χ1v) is 9.60. The zero-order valence-electron chi connectivity index (χ0n) is 16.2. The topological polar surface area (TPSA) is 109 Å². The summed E-state index contributed by atoms with van der Waals surface area (Å²) in [7, 11) is 1.60. The second-order valence-electron chi connectivity index (χ2n) is 7.30. The maximum atomic E-state index is 12.3. The molecule has 0 radical (unpaired) electrons. The van der Waals surface area contributed by atoms with Crippen LogP contribution in [0.2, 0.25) is 0 Å². The number of H-pyrrole nitrogens is 1. The van der Waals surface area contributed by atoms with E-state index in [2.05, 4.69) is 25.6 Å². The molecule has 0 bridgehead atoms. The van der Waals surface area contributed by atoms with E-state index in [1.54, 1.807) is 13.2 Å². The van der Waals surface area contributed by atoms with E-state index in [1.165, 1.54) is 6.07 Å². The number of aromatic amines is 1. The molecule has 0 aliphatic heterocycles. The van der Waals surface area contributed by atoms with Crippen LogP contribution in [0.25, 0.3) is 11.0 Å². The van der Waals surface area contributed by atoms with E-state index in [-0.39, 0.29) is 23.6 Å². The molecule has 3 heterocycles. The first kappa shape index (κ1) is 18.9. The summed E-state index contributed by atoms with van der Waals surface area (Å²) in [5, 5.41) is 6.63. The Hall–Kier alpha value is -3.42. The van der Waals surface area contributed by atoms with Crippen LogP contribution in [-0.2, 0) is 12.0 Å². The zero-order valence-corrected chi connectivity index (χ0v) is 16.2. The Labute approximate surface area is 167 Å². The fourth-order valence-corrected chi connectivity index (χ4v) is 3.60. The summed E-state index contributed by atoms with van der Waals surface area (Å²) in [6.45, 7) is 0.778. The van der Waals surface area contributed by atoms with Crippen molar-refractivity contribution in [1.29, 1.82) is 0 Å². The number of hydrogen-bond acceptors (Lipinski definition) is 5. The Kier molecular flexibility index (Phi) is 5.16. The molecule has 1 fully saturated rings. The summed E-state index contributed by atoms with van der Waals surface area (Å²) in [6.07, 6.45) is 3.07. The smallest absolute Gasteiger partial charge is 0.315 e. The number of nitrogens with zero attached hydrogens (tertiary/aromatic N) is 2. The van der Waals surface area contributed by atoms with Gasteiger partial charge in [-0.3, -0.25) is 4.79 Å². The van der Waals surface area contributed by atoms with Crippen molar-refractivity contribution < 1.29 is 9.53 Å². The van der Waals surface area contributed by atoms with Crippen molar-refractivity contribution in [3.63, 3.8) is 0 Å². The van der Waals surface area contributed by atoms with Crippen LogP contribution < -0.4 is 20.9 Å². The molecule has 0 unspecified atom stereocenters. The number of methoxy groups -OCH3 is 1. The average molecular weight is 393 g/mol. The minimum Gasteiger partial charge on any atom is -0.481 e. The molecule has 1 aliphatic rings. The van der Waals surface area contributed by atoms with E-state index in [4.69, 9.17) is 4.74 Å². The van der Waals surface area contributed by atoms with Crippen LogP contribution in [0.4, 0.5) is 4.79 Å². The lowest BCUT2D eigenvalue weighted by Crippen LogP contribution is -2.48. The number of carbonyl (C=O) groups excluding carboxylic acids is 1. The van der Waals surface area contributed by atoms with Crippen molar-refractivity contribution in [1.82, 2.24) is 25.6 Å². The maximum Gasteiger partial charge on any atom is 0.315 e. The minimum absolute atomic E-state index is 0.146. The van der Waals surface area contributed by atoms with Crippen LogP contribution in [0.1, 0.15) is 30.7 Å². The molecule has 8 nitrogen and oxygen atoms in total. The van der Waals surface area contributed by atoms with Gasteiger partial charge in [0.25, 0.3) is 0 Å². The first-order chi connectivity index (χ1) is 14.1. The summed E-state index contributed by atoms with van der Waals surface area (Å²) >= 11 is 0. The minimum atomic E-state index is -0.261. The van der Waals surface area contributed by atoms with Crippen LogP contribution in [0.3, 0.4) is 0 Å². The fourth-order valence-electron chi connectivity index (χ4n) is 3.60. The molecular weight excluding hydrogens is 370 g/mol. The molecule has 0 aromatic carbocycles. The molecule has 3 aromatic heterocycles. The second kappa shape index (κ2) is 7.90. The zero-order chi connectivity index (χ0) is 20.3. The third-order valence-electron chi connectivity index (χ3n) is 5.44. The number of amides is 2. The van der Waals surface area contributed by atoms with E-state index < -0.39 is 0 Å². The van der Waals surface area contributed by atoms with Crippen molar-refractivity contribution in [3.05, 3.63) is 64.2 Å². The third kappa shape index (κ3) is 4.06. The molecule has 8 heteroatoms. The molecule has 2 amide bonds. The summed E-state index contributed by atoms with van der Waals surface area (Å²) in [5.74, 6) is 0.582. The lowest BCUT2D eigenvalue weighted by molar-refractivity contribution is 0.210. The summed E-state index contributed by atoms with van der Waals surface area (Å²) < 4.78 is 5.23. The molecule has 29 heavy (non-hydrogen) atoms.